The van der Waals surface area contributed by atoms with Gasteiger partial charge in [-0.1, -0.05) is 0 Å². The number of hydrogen-bond acceptors (Lipinski definition) is 3. The van der Waals surface area contributed by atoms with E-state index in [4.69, 9.17) is 19.9 Å². The maximum atomic E-state index is 10.0. The zero-order valence-electron chi connectivity index (χ0n) is 4.00. The third-order valence-electron chi connectivity index (χ3n) is 0.483. The molecule has 52 valence electrons. The van der Waals surface area contributed by atoms with Crippen molar-refractivity contribution in [2.24, 2.45) is 0 Å². The summed E-state index contributed by atoms with van der Waals surface area (Å²) in [5.41, 5.74) is 0. The Labute approximate surface area is 50.2 Å². The first-order chi connectivity index (χ1) is 3.81. The van der Waals surface area contributed by atoms with Gasteiger partial charge in [0.25, 0.3) is 0 Å². The van der Waals surface area contributed by atoms with E-state index in [0.29, 0.717) is 5.81 Å². The Hall–Kier alpha value is -0.170. The van der Waals surface area contributed by atoms with Crippen molar-refractivity contribution in [2.75, 3.05) is 0 Å². The number of nitriles is 1. The third-order valence-corrected chi connectivity index (χ3v) is 3.84. The van der Waals surface area contributed by atoms with Gasteiger partial charge < -0.3 is 14.7 Å². The van der Waals surface area contributed by atoms with Gasteiger partial charge in [0, 0.05) is 0 Å². The second-order valence-corrected chi connectivity index (χ2v) is 6.66. The van der Waals surface area contributed by atoms with Crippen molar-refractivity contribution in [3.8, 4) is 5.81 Å². The highest BCUT2D eigenvalue weighted by Crippen LogP contribution is 2.73. The van der Waals surface area contributed by atoms with E-state index in [0.717, 1.165) is 0 Å². The summed E-state index contributed by atoms with van der Waals surface area (Å²) in [6, 6.07) is 0. The van der Waals surface area contributed by atoms with E-state index in [1.165, 1.54) is 0 Å². The van der Waals surface area contributed by atoms with Gasteiger partial charge in [-0.25, -0.2) is 4.57 Å². The summed E-state index contributed by atoms with van der Waals surface area (Å²) in [5.74, 6) is 0.629. The van der Waals surface area contributed by atoms with Crippen LogP contribution in [-0.4, -0.2) is 14.7 Å². The molecule has 0 aromatic rings. The van der Waals surface area contributed by atoms with Crippen LogP contribution in [0, 0.1) is 11.1 Å². The second kappa shape index (κ2) is 2.22. The molecule has 0 heterocycles. The maximum Gasteiger partial charge on any atom is 0.422 e. The zero-order valence-corrected chi connectivity index (χ0v) is 5.79. The molecule has 0 aromatic heterocycles. The lowest BCUT2D eigenvalue weighted by atomic mass is 11.8. The molecule has 9 heavy (non-hydrogen) atoms. The molecule has 0 radical (unpaired) electrons. The fourth-order valence-corrected chi connectivity index (χ4v) is 0.524. The van der Waals surface area contributed by atoms with E-state index in [-0.39, 0.29) is 0 Å². The van der Waals surface area contributed by atoms with Crippen LogP contribution in [0.3, 0.4) is 0 Å². The highest BCUT2D eigenvalue weighted by atomic mass is 32.1. The fraction of sp³-hybridized carbons (Fsp3) is 0. The van der Waals surface area contributed by atoms with Crippen LogP contribution in [0.4, 0.5) is 0 Å². The summed E-state index contributed by atoms with van der Waals surface area (Å²) >= 11 is 0. The second-order valence-electron chi connectivity index (χ2n) is 1.16. The molecule has 3 N–H and O–H groups in total. The van der Waals surface area contributed by atoms with Crippen LogP contribution in [0.1, 0.15) is 0 Å². The van der Waals surface area contributed by atoms with Gasteiger partial charge >= 0.3 is 14.3 Å². The standard InChI is InChI=1S/CH3NO5P2/c2-1-8(3,4)9(5,6)7/h(H,3,4)(H2,5,6,7). The number of rotatable bonds is 1. The van der Waals surface area contributed by atoms with Crippen molar-refractivity contribution in [3.63, 3.8) is 0 Å². The predicted octanol–water partition coefficient (Wildman–Crippen LogP) is -0.169. The van der Waals surface area contributed by atoms with Crippen LogP contribution in [0.5, 0.6) is 0 Å². The summed E-state index contributed by atoms with van der Waals surface area (Å²) in [6.45, 7) is 0. The highest BCUT2D eigenvalue weighted by molar-refractivity contribution is 8.30. The van der Waals surface area contributed by atoms with Gasteiger partial charge in [0.1, 0.15) is 0 Å². The molecule has 1 unspecified atom stereocenters. The molecule has 0 aliphatic carbocycles. The average molecular weight is 171 g/mol. The van der Waals surface area contributed by atoms with Crippen molar-refractivity contribution in [2.45, 2.75) is 0 Å². The lowest BCUT2D eigenvalue weighted by Crippen LogP contribution is -1.77. The molecule has 0 aromatic carbocycles. The predicted molar refractivity (Wildman–Crippen MR) is 27.5 cm³/mol. The molecule has 0 fully saturated rings. The van der Waals surface area contributed by atoms with Crippen molar-refractivity contribution < 1.29 is 23.8 Å². The fourth-order valence-electron chi connectivity index (χ4n) is 0.0583. The van der Waals surface area contributed by atoms with Gasteiger partial charge in [-0.05, 0) is 0 Å². The Kier molecular flexibility index (Phi) is 2.18. The largest absolute Gasteiger partial charge is 0.422 e. The molecular weight excluding hydrogens is 168 g/mol. The highest BCUT2D eigenvalue weighted by Gasteiger charge is 2.40. The number of hydrogen-bond donors (Lipinski definition) is 3. The molecule has 0 spiro atoms. The van der Waals surface area contributed by atoms with Crippen LogP contribution < -0.4 is 0 Å². The van der Waals surface area contributed by atoms with Crippen LogP contribution >= 0.6 is 14.3 Å². The first kappa shape index (κ1) is 8.83. The Morgan fingerprint density at radius 1 is 1.22 bits per heavy atom. The molecule has 6 nitrogen and oxygen atoms in total. The van der Waals surface area contributed by atoms with E-state index in [1.54, 1.807) is 0 Å². The average Bonchev–Trinajstić information content (AvgIpc) is 1.64. The molecule has 0 saturated carbocycles. The van der Waals surface area contributed by atoms with Gasteiger partial charge in [-0.15, -0.1) is 0 Å². The molecule has 0 amide bonds. The quantitative estimate of drug-likeness (QED) is 0.471. The van der Waals surface area contributed by atoms with Crippen LogP contribution in [-0.2, 0) is 9.13 Å². The summed E-state index contributed by atoms with van der Waals surface area (Å²) < 4.78 is 19.9. The summed E-state index contributed by atoms with van der Waals surface area (Å²) in [7, 11) is -10.0. The topological polar surface area (TPSA) is 119 Å². The first-order valence-electron chi connectivity index (χ1n) is 1.61. The van der Waals surface area contributed by atoms with E-state index in [9.17, 15) is 9.13 Å². The van der Waals surface area contributed by atoms with Crippen molar-refractivity contribution in [1.82, 2.24) is 0 Å². The van der Waals surface area contributed by atoms with E-state index in [2.05, 4.69) is 0 Å². The first-order valence-corrected chi connectivity index (χ1v) is 5.59. The van der Waals surface area contributed by atoms with Gasteiger partial charge in [0.15, 0.2) is 5.81 Å². The van der Waals surface area contributed by atoms with Gasteiger partial charge in [-0.3, -0.25) is 4.57 Å². The number of nitrogens with zero attached hydrogens (tertiary/aromatic N) is 1. The SMILES string of the molecule is N#CP(=O)(O)P(=O)(O)O. The molecule has 0 bridgehead atoms. The van der Waals surface area contributed by atoms with Crippen LogP contribution in [0.2, 0.25) is 0 Å². The summed E-state index contributed by atoms with van der Waals surface area (Å²) in [5, 5.41) is 7.67. The van der Waals surface area contributed by atoms with Gasteiger partial charge in [0.2, 0.25) is 0 Å². The molecule has 1 atom stereocenters. The lowest BCUT2D eigenvalue weighted by Gasteiger charge is -2.01. The molecule has 8 heteroatoms. The van der Waals surface area contributed by atoms with E-state index in [1.807, 2.05) is 0 Å². The minimum atomic E-state index is -5.12. The molecule has 0 rings (SSSR count). The normalized spacial score (nSPS) is 18.0. The van der Waals surface area contributed by atoms with Crippen molar-refractivity contribution in [3.05, 3.63) is 0 Å². The molecular formula is CH3NO5P2. The van der Waals surface area contributed by atoms with E-state index >= 15 is 0 Å². The smallest absolute Gasteiger partial charge is 0.326 e. The van der Waals surface area contributed by atoms with Gasteiger partial charge in [-0.2, -0.15) is 5.26 Å². The molecule has 0 aliphatic heterocycles. The molecule has 0 aliphatic rings. The van der Waals surface area contributed by atoms with Gasteiger partial charge in [0.05, 0.1) is 0 Å². The zero-order chi connectivity index (χ0) is 7.71. The Bertz CT molecular complexity index is 232. The summed E-state index contributed by atoms with van der Waals surface area (Å²) in [4.78, 5) is 23.9. The minimum absolute atomic E-state index is 0.629. The molecule has 0 saturated heterocycles. The van der Waals surface area contributed by atoms with E-state index < -0.39 is 14.3 Å². The lowest BCUT2D eigenvalue weighted by molar-refractivity contribution is 0.380. The minimum Gasteiger partial charge on any atom is -0.326 e. The Balaban J connectivity index is 4.85. The van der Waals surface area contributed by atoms with Crippen molar-refractivity contribution >= 4 is 14.3 Å². The Morgan fingerprint density at radius 3 is 1.56 bits per heavy atom. The van der Waals surface area contributed by atoms with Crippen LogP contribution in [0.15, 0.2) is 0 Å². The monoisotopic (exact) mass is 171 g/mol. The maximum absolute atomic E-state index is 10.0. The summed E-state index contributed by atoms with van der Waals surface area (Å²) in [6.07, 6.45) is 0. The van der Waals surface area contributed by atoms with Crippen molar-refractivity contribution in [1.29, 1.82) is 5.26 Å². The van der Waals surface area contributed by atoms with Crippen LogP contribution in [0.25, 0.3) is 0 Å². The third kappa shape index (κ3) is 1.90. The Morgan fingerprint density at radius 2 is 1.56 bits per heavy atom.